The number of carbonyl (C=O) groups excluding carboxylic acids is 1. The summed E-state index contributed by atoms with van der Waals surface area (Å²) in [5, 5.41) is 10.2. The fourth-order valence-electron chi connectivity index (χ4n) is 1.72. The summed E-state index contributed by atoms with van der Waals surface area (Å²) in [4.78, 5) is 17.6. The smallest absolute Gasteiger partial charge is 0.274 e. The molecule has 1 amide bonds. The lowest BCUT2D eigenvalue weighted by atomic mass is 10.2. The molecule has 0 unspecified atom stereocenters. The van der Waals surface area contributed by atoms with Crippen molar-refractivity contribution in [2.24, 2.45) is 0 Å². The molecule has 0 atom stereocenters. The van der Waals surface area contributed by atoms with Crippen LogP contribution in [0.4, 0.5) is 0 Å². The van der Waals surface area contributed by atoms with Gasteiger partial charge in [-0.25, -0.2) is 4.98 Å². The summed E-state index contributed by atoms with van der Waals surface area (Å²) >= 11 is 11.7. The number of carbonyl (C=O) groups is 1. The van der Waals surface area contributed by atoms with Gasteiger partial charge in [0.25, 0.3) is 5.91 Å². The number of aromatic hydroxyl groups is 1. The predicted molar refractivity (Wildman–Crippen MR) is 78.2 cm³/mol. The number of halogens is 2. The van der Waals surface area contributed by atoms with Crippen molar-refractivity contribution in [1.82, 2.24) is 9.88 Å². The van der Waals surface area contributed by atoms with Crippen LogP contribution in [0.25, 0.3) is 0 Å². The summed E-state index contributed by atoms with van der Waals surface area (Å²) in [7, 11) is 1.60. The standard InChI is InChI=1S/C14H12Cl2N2O2/c1-18(8-9-4-2-3-5-11(9)19)14(20)13-10(15)6-7-12(16)17-13/h2-7,19H,8H2,1H3. The Morgan fingerprint density at radius 2 is 1.95 bits per heavy atom. The molecule has 104 valence electrons. The summed E-state index contributed by atoms with van der Waals surface area (Å²) in [5.41, 5.74) is 0.735. The number of pyridine rings is 1. The van der Waals surface area contributed by atoms with E-state index in [-0.39, 0.29) is 34.1 Å². The first-order chi connectivity index (χ1) is 9.49. The number of aromatic nitrogens is 1. The Balaban J connectivity index is 2.21. The van der Waals surface area contributed by atoms with Crippen molar-refractivity contribution < 1.29 is 9.90 Å². The van der Waals surface area contributed by atoms with Crippen LogP contribution in [0.5, 0.6) is 5.75 Å². The maximum absolute atomic E-state index is 12.3. The van der Waals surface area contributed by atoms with Crippen LogP contribution in [-0.2, 0) is 6.54 Å². The molecule has 6 heteroatoms. The Kier molecular flexibility index (Phi) is 4.47. The fourth-order valence-corrected chi connectivity index (χ4v) is 2.05. The molecule has 0 saturated heterocycles. The van der Waals surface area contributed by atoms with E-state index in [1.54, 1.807) is 31.3 Å². The van der Waals surface area contributed by atoms with Crippen LogP contribution >= 0.6 is 23.2 Å². The molecule has 0 spiro atoms. The largest absolute Gasteiger partial charge is 0.508 e. The Hall–Kier alpha value is -1.78. The van der Waals surface area contributed by atoms with Crippen molar-refractivity contribution in [3.8, 4) is 5.75 Å². The van der Waals surface area contributed by atoms with Crippen LogP contribution in [0.15, 0.2) is 36.4 Å². The van der Waals surface area contributed by atoms with Crippen LogP contribution in [-0.4, -0.2) is 27.9 Å². The minimum atomic E-state index is -0.360. The maximum atomic E-state index is 12.3. The van der Waals surface area contributed by atoms with E-state index in [9.17, 15) is 9.90 Å². The Bertz CT molecular complexity index is 647. The molecule has 0 fully saturated rings. The van der Waals surface area contributed by atoms with Gasteiger partial charge < -0.3 is 10.0 Å². The number of hydrogen-bond donors (Lipinski definition) is 1. The zero-order valence-electron chi connectivity index (χ0n) is 10.7. The Labute approximate surface area is 126 Å². The van der Waals surface area contributed by atoms with E-state index in [1.807, 2.05) is 0 Å². The van der Waals surface area contributed by atoms with Crippen LogP contribution in [0.1, 0.15) is 16.1 Å². The molecule has 0 bridgehead atoms. The van der Waals surface area contributed by atoms with Crippen molar-refractivity contribution in [2.75, 3.05) is 7.05 Å². The molecular weight excluding hydrogens is 299 g/mol. The van der Waals surface area contributed by atoms with Crippen molar-refractivity contribution in [3.63, 3.8) is 0 Å². The molecule has 1 heterocycles. The molecule has 1 aromatic heterocycles. The summed E-state index contributed by atoms with van der Waals surface area (Å²) in [6.07, 6.45) is 0. The quantitative estimate of drug-likeness (QED) is 0.884. The molecule has 0 saturated carbocycles. The number of nitrogens with zero attached hydrogens (tertiary/aromatic N) is 2. The number of phenolic OH excluding ortho intramolecular Hbond substituents is 1. The summed E-state index contributed by atoms with van der Waals surface area (Å²) in [6, 6.07) is 9.86. The molecular formula is C14H12Cl2N2O2. The molecule has 0 aliphatic rings. The van der Waals surface area contributed by atoms with Gasteiger partial charge in [0.15, 0.2) is 0 Å². The van der Waals surface area contributed by atoms with E-state index in [0.717, 1.165) is 0 Å². The maximum Gasteiger partial charge on any atom is 0.274 e. The van der Waals surface area contributed by atoms with Crippen molar-refractivity contribution in [3.05, 3.63) is 57.8 Å². The lowest BCUT2D eigenvalue weighted by Crippen LogP contribution is -2.27. The minimum absolute atomic E-state index is 0.0945. The van der Waals surface area contributed by atoms with Crippen LogP contribution in [0.3, 0.4) is 0 Å². The van der Waals surface area contributed by atoms with Gasteiger partial charge in [-0.1, -0.05) is 41.4 Å². The Morgan fingerprint density at radius 3 is 2.65 bits per heavy atom. The highest BCUT2D eigenvalue weighted by atomic mass is 35.5. The second-order valence-electron chi connectivity index (χ2n) is 4.25. The first-order valence-corrected chi connectivity index (χ1v) is 6.59. The number of amides is 1. The van der Waals surface area contributed by atoms with Crippen molar-refractivity contribution in [2.45, 2.75) is 6.54 Å². The highest BCUT2D eigenvalue weighted by Crippen LogP contribution is 2.21. The summed E-state index contributed by atoms with van der Waals surface area (Å²) in [5.74, 6) is -0.224. The second-order valence-corrected chi connectivity index (χ2v) is 5.05. The van der Waals surface area contributed by atoms with E-state index >= 15 is 0 Å². The van der Waals surface area contributed by atoms with Crippen LogP contribution in [0.2, 0.25) is 10.2 Å². The lowest BCUT2D eigenvalue weighted by Gasteiger charge is -2.18. The van der Waals surface area contributed by atoms with Gasteiger partial charge in [0, 0.05) is 19.2 Å². The van der Waals surface area contributed by atoms with Gasteiger partial charge in [0.1, 0.15) is 16.6 Å². The van der Waals surface area contributed by atoms with Crippen molar-refractivity contribution >= 4 is 29.1 Å². The second kappa shape index (κ2) is 6.11. The fraction of sp³-hybridized carbons (Fsp3) is 0.143. The first kappa shape index (κ1) is 14.6. The number of benzene rings is 1. The summed E-state index contributed by atoms with van der Waals surface area (Å²) in [6.45, 7) is 0.246. The van der Waals surface area contributed by atoms with E-state index in [0.29, 0.717) is 5.56 Å². The van der Waals surface area contributed by atoms with Gasteiger partial charge in [0.2, 0.25) is 0 Å². The first-order valence-electron chi connectivity index (χ1n) is 5.83. The van der Waals surface area contributed by atoms with Crippen LogP contribution < -0.4 is 0 Å². The molecule has 0 aliphatic carbocycles. The Morgan fingerprint density at radius 1 is 1.25 bits per heavy atom. The number of hydrogen-bond acceptors (Lipinski definition) is 3. The molecule has 20 heavy (non-hydrogen) atoms. The third kappa shape index (κ3) is 3.21. The molecule has 2 rings (SSSR count). The molecule has 0 radical (unpaired) electrons. The van der Waals surface area contributed by atoms with Crippen LogP contribution in [0, 0.1) is 0 Å². The monoisotopic (exact) mass is 310 g/mol. The molecule has 0 aliphatic heterocycles. The zero-order valence-corrected chi connectivity index (χ0v) is 12.2. The topological polar surface area (TPSA) is 53.4 Å². The van der Waals surface area contributed by atoms with Gasteiger partial charge >= 0.3 is 0 Å². The third-order valence-corrected chi connectivity index (χ3v) is 3.28. The minimum Gasteiger partial charge on any atom is -0.508 e. The molecule has 1 aromatic carbocycles. The molecule has 2 aromatic rings. The van der Waals surface area contributed by atoms with Gasteiger partial charge in [0.05, 0.1) is 5.02 Å². The SMILES string of the molecule is CN(Cc1ccccc1O)C(=O)c1nc(Cl)ccc1Cl. The van der Waals surface area contributed by atoms with Gasteiger partial charge in [-0.05, 0) is 18.2 Å². The van der Waals surface area contributed by atoms with E-state index in [4.69, 9.17) is 23.2 Å². The third-order valence-electron chi connectivity index (χ3n) is 2.76. The average molecular weight is 311 g/mol. The average Bonchev–Trinajstić information content (AvgIpc) is 2.43. The number of rotatable bonds is 3. The van der Waals surface area contributed by atoms with E-state index in [1.165, 1.54) is 17.0 Å². The van der Waals surface area contributed by atoms with Crippen molar-refractivity contribution in [1.29, 1.82) is 0 Å². The summed E-state index contributed by atoms with van der Waals surface area (Å²) < 4.78 is 0. The van der Waals surface area contributed by atoms with E-state index < -0.39 is 0 Å². The van der Waals surface area contributed by atoms with Gasteiger partial charge in [-0.15, -0.1) is 0 Å². The molecule has 1 N–H and O–H groups in total. The van der Waals surface area contributed by atoms with Gasteiger partial charge in [-0.3, -0.25) is 4.79 Å². The predicted octanol–water partition coefficient (Wildman–Crippen LogP) is 3.37. The molecule has 4 nitrogen and oxygen atoms in total. The number of phenols is 1. The number of para-hydroxylation sites is 1. The van der Waals surface area contributed by atoms with Gasteiger partial charge in [-0.2, -0.15) is 0 Å². The highest BCUT2D eigenvalue weighted by molar-refractivity contribution is 6.34. The highest BCUT2D eigenvalue weighted by Gasteiger charge is 2.18. The normalized spacial score (nSPS) is 10.3. The lowest BCUT2D eigenvalue weighted by molar-refractivity contribution is 0.0779. The zero-order chi connectivity index (χ0) is 14.7. The van der Waals surface area contributed by atoms with E-state index in [2.05, 4.69) is 4.98 Å².